The Morgan fingerprint density at radius 2 is 1.30 bits per heavy atom. The van der Waals surface area contributed by atoms with Crippen LogP contribution in [0.1, 0.15) is 103 Å². The maximum atomic E-state index is 12.0. The zero-order valence-corrected chi connectivity index (χ0v) is 14.0. The van der Waals surface area contributed by atoms with E-state index in [1.807, 2.05) is 7.05 Å². The highest BCUT2D eigenvalue weighted by molar-refractivity contribution is 4.82. The van der Waals surface area contributed by atoms with Gasteiger partial charge in [0.15, 0.2) is 0 Å². The molecule has 0 amide bonds. The van der Waals surface area contributed by atoms with E-state index in [0.29, 0.717) is 5.06 Å². The van der Waals surface area contributed by atoms with Crippen LogP contribution in [0.3, 0.4) is 0 Å². The zero-order chi connectivity index (χ0) is 14.7. The summed E-state index contributed by atoms with van der Waals surface area (Å²) in [5, 5.41) is 12.5. The lowest BCUT2D eigenvalue weighted by Gasteiger charge is -2.44. The summed E-state index contributed by atoms with van der Waals surface area (Å²) in [5.74, 6) is 0. The van der Waals surface area contributed by atoms with Gasteiger partial charge in [-0.25, -0.2) is 0 Å². The van der Waals surface area contributed by atoms with Gasteiger partial charge in [0.25, 0.3) is 0 Å². The summed E-state index contributed by atoms with van der Waals surface area (Å²) in [5.41, 5.74) is 0.0827. The Bertz CT molecular complexity index is 221. The molecule has 0 heterocycles. The van der Waals surface area contributed by atoms with Crippen LogP contribution in [0.25, 0.3) is 0 Å². The predicted molar refractivity (Wildman–Crippen MR) is 87.9 cm³/mol. The third-order valence-corrected chi connectivity index (χ3v) is 5.32. The van der Waals surface area contributed by atoms with Gasteiger partial charge >= 0.3 is 0 Å². The largest absolute Gasteiger partial charge is 0.634 e. The quantitative estimate of drug-likeness (QED) is 0.435. The number of quaternary nitrogens is 1. The van der Waals surface area contributed by atoms with Crippen LogP contribution in [-0.2, 0) is 0 Å². The molecule has 0 bridgehead atoms. The highest BCUT2D eigenvalue weighted by atomic mass is 16.5. The third-order valence-electron chi connectivity index (χ3n) is 5.32. The zero-order valence-electron chi connectivity index (χ0n) is 14.0. The molecule has 1 unspecified atom stereocenters. The summed E-state index contributed by atoms with van der Waals surface area (Å²) in [4.78, 5) is 0. The van der Waals surface area contributed by atoms with Crippen molar-refractivity contribution in [2.75, 3.05) is 7.05 Å². The minimum Gasteiger partial charge on any atom is -0.634 e. The third kappa shape index (κ3) is 6.58. The predicted octanol–water partition coefficient (Wildman–Crippen LogP) is 4.62. The molecule has 1 saturated carbocycles. The van der Waals surface area contributed by atoms with Gasteiger partial charge in [0.2, 0.25) is 0 Å². The first-order valence-electron chi connectivity index (χ1n) is 9.22. The van der Waals surface area contributed by atoms with Crippen LogP contribution in [0.5, 0.6) is 0 Å². The van der Waals surface area contributed by atoms with E-state index < -0.39 is 0 Å². The first kappa shape index (κ1) is 18.0. The average molecular weight is 284 g/mol. The molecular formula is C18H37NO. The molecule has 0 aliphatic heterocycles. The lowest BCUT2D eigenvalue weighted by molar-refractivity contribution is -0.888. The Kier molecular flexibility index (Phi) is 9.54. The molecule has 0 radical (unpaired) electrons. The van der Waals surface area contributed by atoms with Crippen LogP contribution >= 0.6 is 0 Å². The number of hydrogen-bond donors (Lipinski definition) is 1. The second-order valence-corrected chi connectivity index (χ2v) is 6.98. The molecule has 1 aliphatic carbocycles. The smallest absolute Gasteiger partial charge is 0.0971 e. The molecular weight excluding hydrogens is 246 g/mol. The molecule has 1 rings (SSSR count). The summed E-state index contributed by atoms with van der Waals surface area (Å²) in [6.45, 7) is 2.27. The molecule has 0 aromatic carbocycles. The van der Waals surface area contributed by atoms with Crippen LogP contribution < -0.4 is 5.06 Å². The number of hydrogen-bond acceptors (Lipinski definition) is 1. The van der Waals surface area contributed by atoms with Crippen molar-refractivity contribution in [2.24, 2.45) is 0 Å². The van der Waals surface area contributed by atoms with Gasteiger partial charge in [0.1, 0.15) is 0 Å². The Morgan fingerprint density at radius 1 is 0.800 bits per heavy atom. The molecule has 2 nitrogen and oxygen atoms in total. The van der Waals surface area contributed by atoms with E-state index in [4.69, 9.17) is 0 Å². The molecule has 0 aromatic heterocycles. The SMILES string of the molecule is CCCCCCCCCCCC1([NH+](C)[O-])CCCCC1. The lowest BCUT2D eigenvalue weighted by Crippen LogP contribution is -3.13. The van der Waals surface area contributed by atoms with E-state index in [0.717, 1.165) is 6.42 Å². The first-order valence-corrected chi connectivity index (χ1v) is 9.22. The maximum absolute atomic E-state index is 12.0. The highest BCUT2D eigenvalue weighted by Gasteiger charge is 2.35. The Morgan fingerprint density at radius 3 is 1.80 bits per heavy atom. The van der Waals surface area contributed by atoms with E-state index in [1.54, 1.807) is 0 Å². The Balaban J connectivity index is 2.04. The standard InChI is InChI=1S/C18H37NO/c1-3-4-5-6-7-8-9-10-12-15-18(19(2)20)16-13-11-14-17-18/h19H,3-17H2,1-2H3. The molecule has 120 valence electrons. The summed E-state index contributed by atoms with van der Waals surface area (Å²) >= 11 is 0. The minimum atomic E-state index is 0.0827. The summed E-state index contributed by atoms with van der Waals surface area (Å²) < 4.78 is 0. The molecule has 2 heteroatoms. The number of rotatable bonds is 11. The second kappa shape index (κ2) is 10.6. The number of nitrogens with one attached hydrogen (secondary N) is 1. The van der Waals surface area contributed by atoms with Crippen molar-refractivity contribution in [2.45, 2.75) is 109 Å². The summed E-state index contributed by atoms with van der Waals surface area (Å²) in [6, 6.07) is 0. The maximum Gasteiger partial charge on any atom is 0.0971 e. The number of hydroxylamine groups is 2. The van der Waals surface area contributed by atoms with Crippen LogP contribution in [0.4, 0.5) is 0 Å². The van der Waals surface area contributed by atoms with Gasteiger partial charge in [-0.1, -0.05) is 64.7 Å². The fourth-order valence-corrected chi connectivity index (χ4v) is 3.78. The monoisotopic (exact) mass is 283 g/mol. The van der Waals surface area contributed by atoms with Crippen LogP contribution in [0.2, 0.25) is 0 Å². The van der Waals surface area contributed by atoms with Gasteiger partial charge in [0.05, 0.1) is 12.6 Å². The molecule has 1 fully saturated rings. The molecule has 0 saturated heterocycles. The fourth-order valence-electron chi connectivity index (χ4n) is 3.78. The topological polar surface area (TPSA) is 27.5 Å². The minimum absolute atomic E-state index is 0.0827. The van der Waals surface area contributed by atoms with Crippen LogP contribution in [0, 0.1) is 5.21 Å². The van der Waals surface area contributed by atoms with Gasteiger partial charge in [0, 0.05) is 19.3 Å². The molecule has 0 aromatic rings. The first-order chi connectivity index (χ1) is 9.71. The van der Waals surface area contributed by atoms with Gasteiger partial charge in [-0.15, -0.1) is 0 Å². The fraction of sp³-hybridized carbons (Fsp3) is 1.00. The highest BCUT2D eigenvalue weighted by Crippen LogP contribution is 2.30. The van der Waals surface area contributed by atoms with Gasteiger partial charge in [-0.3, -0.25) is 0 Å². The van der Waals surface area contributed by atoms with E-state index in [-0.39, 0.29) is 5.54 Å². The molecule has 1 aliphatic rings. The van der Waals surface area contributed by atoms with Crippen molar-refractivity contribution in [3.63, 3.8) is 0 Å². The van der Waals surface area contributed by atoms with Crippen molar-refractivity contribution < 1.29 is 5.06 Å². The van der Waals surface area contributed by atoms with E-state index in [1.165, 1.54) is 89.9 Å². The lowest BCUT2D eigenvalue weighted by atomic mass is 9.78. The van der Waals surface area contributed by atoms with E-state index in [2.05, 4.69) is 6.92 Å². The summed E-state index contributed by atoms with van der Waals surface area (Å²) in [6.07, 6.45) is 19.8. The van der Waals surface area contributed by atoms with E-state index >= 15 is 0 Å². The van der Waals surface area contributed by atoms with Gasteiger partial charge < -0.3 is 10.3 Å². The van der Waals surface area contributed by atoms with Crippen molar-refractivity contribution in [3.8, 4) is 0 Å². The van der Waals surface area contributed by atoms with E-state index in [9.17, 15) is 5.21 Å². The molecule has 0 spiro atoms. The van der Waals surface area contributed by atoms with Crippen LogP contribution in [-0.4, -0.2) is 12.6 Å². The Hall–Kier alpha value is -0.0800. The summed E-state index contributed by atoms with van der Waals surface area (Å²) in [7, 11) is 1.83. The van der Waals surface area contributed by atoms with Gasteiger partial charge in [-0.05, 0) is 19.3 Å². The molecule has 1 atom stereocenters. The second-order valence-electron chi connectivity index (χ2n) is 6.98. The van der Waals surface area contributed by atoms with Gasteiger partial charge in [-0.2, -0.15) is 0 Å². The van der Waals surface area contributed by atoms with Crippen LogP contribution in [0.15, 0.2) is 0 Å². The van der Waals surface area contributed by atoms with Crippen molar-refractivity contribution in [1.29, 1.82) is 0 Å². The molecule has 20 heavy (non-hydrogen) atoms. The number of unbranched alkanes of at least 4 members (excludes halogenated alkanes) is 8. The van der Waals surface area contributed by atoms with Crippen molar-refractivity contribution in [3.05, 3.63) is 5.21 Å². The van der Waals surface area contributed by atoms with Crippen molar-refractivity contribution in [1.82, 2.24) is 0 Å². The van der Waals surface area contributed by atoms with Crippen molar-refractivity contribution >= 4 is 0 Å². The Labute approximate surface area is 126 Å². The average Bonchev–Trinajstić information content (AvgIpc) is 2.46. The normalized spacial score (nSPS) is 19.9. The molecule has 1 N–H and O–H groups in total.